The van der Waals surface area contributed by atoms with Gasteiger partial charge in [-0.15, -0.1) is 0 Å². The first kappa shape index (κ1) is 16.3. The molecule has 5 nitrogen and oxygen atoms in total. The van der Waals surface area contributed by atoms with Crippen LogP contribution in [0.1, 0.15) is 45.4 Å². The fraction of sp³-hybridized carbons (Fsp3) is 0.875. The van der Waals surface area contributed by atoms with E-state index in [0.29, 0.717) is 18.8 Å². The van der Waals surface area contributed by atoms with Crippen LogP contribution in [-0.4, -0.2) is 49.2 Å². The van der Waals surface area contributed by atoms with Crippen LogP contribution in [0.2, 0.25) is 0 Å². The van der Waals surface area contributed by atoms with E-state index in [9.17, 15) is 10.1 Å². The first-order valence-corrected chi connectivity index (χ1v) is 8.05. The van der Waals surface area contributed by atoms with Crippen LogP contribution < -0.4 is 5.32 Å². The van der Waals surface area contributed by atoms with Crippen LogP contribution in [0, 0.1) is 17.2 Å². The molecule has 0 spiro atoms. The van der Waals surface area contributed by atoms with Crippen LogP contribution in [-0.2, 0) is 9.53 Å². The van der Waals surface area contributed by atoms with E-state index in [1.807, 2.05) is 7.05 Å². The van der Waals surface area contributed by atoms with Crippen molar-refractivity contribution in [1.82, 2.24) is 10.2 Å². The Morgan fingerprint density at radius 3 is 2.76 bits per heavy atom. The number of nitriles is 1. The number of carbonyl (C=O) groups is 1. The number of likely N-dealkylation sites (tertiary alicyclic amines) is 1. The Bertz CT molecular complexity index is 397. The molecule has 0 unspecified atom stereocenters. The molecule has 118 valence electrons. The molecule has 1 amide bonds. The number of nitrogens with zero attached hydrogens (tertiary/aromatic N) is 2. The van der Waals surface area contributed by atoms with Gasteiger partial charge in [0.1, 0.15) is 12.1 Å². The van der Waals surface area contributed by atoms with Gasteiger partial charge in [-0.3, -0.25) is 4.79 Å². The predicted octanol–water partition coefficient (Wildman–Crippen LogP) is 1.69. The zero-order valence-electron chi connectivity index (χ0n) is 13.2. The van der Waals surface area contributed by atoms with E-state index < -0.39 is 5.54 Å². The summed E-state index contributed by atoms with van der Waals surface area (Å²) in [4.78, 5) is 14.3. The summed E-state index contributed by atoms with van der Waals surface area (Å²) in [5.41, 5.74) is -0.702. The number of amides is 1. The van der Waals surface area contributed by atoms with Crippen LogP contribution >= 0.6 is 0 Å². The Hall–Kier alpha value is -1.12. The Balaban J connectivity index is 1.77. The van der Waals surface area contributed by atoms with Crippen molar-refractivity contribution in [3.05, 3.63) is 0 Å². The van der Waals surface area contributed by atoms with Crippen LogP contribution in [0.25, 0.3) is 0 Å². The zero-order chi connectivity index (χ0) is 15.3. The number of carbonyl (C=O) groups excluding carboxylic acids is 1. The van der Waals surface area contributed by atoms with Gasteiger partial charge in [-0.25, -0.2) is 0 Å². The monoisotopic (exact) mass is 293 g/mol. The van der Waals surface area contributed by atoms with Crippen molar-refractivity contribution in [2.24, 2.45) is 5.92 Å². The van der Waals surface area contributed by atoms with Crippen molar-refractivity contribution < 1.29 is 9.53 Å². The quantitative estimate of drug-likeness (QED) is 0.856. The molecule has 1 N–H and O–H groups in total. The molecule has 1 heterocycles. The minimum atomic E-state index is -0.702. The van der Waals surface area contributed by atoms with E-state index in [-0.39, 0.29) is 18.6 Å². The van der Waals surface area contributed by atoms with Gasteiger partial charge in [0.25, 0.3) is 0 Å². The highest BCUT2D eigenvalue weighted by molar-refractivity contribution is 5.78. The van der Waals surface area contributed by atoms with Gasteiger partial charge < -0.3 is 15.0 Å². The van der Waals surface area contributed by atoms with Crippen molar-refractivity contribution >= 4 is 5.91 Å². The number of hydrogen-bond donors (Lipinski definition) is 1. The van der Waals surface area contributed by atoms with Gasteiger partial charge in [0.2, 0.25) is 5.91 Å². The number of ether oxygens (including phenoxy) is 1. The van der Waals surface area contributed by atoms with Crippen molar-refractivity contribution in [3.63, 3.8) is 0 Å². The van der Waals surface area contributed by atoms with Crippen LogP contribution in [0.5, 0.6) is 0 Å². The third kappa shape index (κ3) is 4.69. The number of nitrogens with one attached hydrogen (secondary N) is 1. The van der Waals surface area contributed by atoms with E-state index in [2.05, 4.69) is 23.2 Å². The van der Waals surface area contributed by atoms with Crippen molar-refractivity contribution in [3.8, 4) is 6.07 Å². The lowest BCUT2D eigenvalue weighted by molar-refractivity contribution is -0.130. The van der Waals surface area contributed by atoms with Gasteiger partial charge in [0, 0.05) is 13.1 Å². The smallest absolute Gasteiger partial charge is 0.247 e. The normalized spacial score (nSPS) is 29.6. The molecule has 1 aliphatic carbocycles. The first-order valence-electron chi connectivity index (χ1n) is 8.05. The second kappa shape index (κ2) is 7.24. The summed E-state index contributed by atoms with van der Waals surface area (Å²) in [5.74, 6) is 0.533. The minimum absolute atomic E-state index is 0.0800. The standard InChI is InChI=1S/C16H27N3O2/c1-13-4-3-5-14(10-13)21-11-15(20)18-16(12-17)6-8-19(2)9-7-16/h13-14H,3-11H2,1-2H3,(H,18,20)/t13-,14+/m0/s1. The summed E-state index contributed by atoms with van der Waals surface area (Å²) in [6.45, 7) is 4.00. The van der Waals surface area contributed by atoms with Gasteiger partial charge in [-0.2, -0.15) is 5.26 Å². The Labute approximate surface area is 127 Å². The summed E-state index contributed by atoms with van der Waals surface area (Å²) in [6.07, 6.45) is 6.11. The zero-order valence-corrected chi connectivity index (χ0v) is 13.2. The van der Waals surface area contributed by atoms with Crippen LogP contribution in [0.3, 0.4) is 0 Å². The molecule has 2 aliphatic rings. The topological polar surface area (TPSA) is 65.4 Å². The average Bonchev–Trinajstić information content (AvgIpc) is 2.48. The maximum absolute atomic E-state index is 12.1. The largest absolute Gasteiger partial charge is 0.368 e. The second-order valence-corrected chi connectivity index (χ2v) is 6.75. The molecule has 0 aromatic carbocycles. The molecule has 1 saturated carbocycles. The molecule has 1 saturated heterocycles. The molecule has 1 aliphatic heterocycles. The molecule has 0 radical (unpaired) electrons. The summed E-state index contributed by atoms with van der Waals surface area (Å²) in [7, 11) is 2.04. The number of hydrogen-bond acceptors (Lipinski definition) is 4. The third-order valence-electron chi connectivity index (χ3n) is 4.77. The molecule has 2 fully saturated rings. The molecule has 5 heteroatoms. The molecule has 2 rings (SSSR count). The molecule has 0 aromatic heterocycles. The molecule has 21 heavy (non-hydrogen) atoms. The first-order chi connectivity index (χ1) is 10.0. The average molecular weight is 293 g/mol. The fourth-order valence-corrected chi connectivity index (χ4v) is 3.29. The third-order valence-corrected chi connectivity index (χ3v) is 4.77. The predicted molar refractivity (Wildman–Crippen MR) is 80.6 cm³/mol. The lowest BCUT2D eigenvalue weighted by Crippen LogP contribution is -2.54. The molecular weight excluding hydrogens is 266 g/mol. The SMILES string of the molecule is C[C@H]1CCC[C@@H](OCC(=O)NC2(C#N)CCN(C)CC2)C1. The highest BCUT2D eigenvalue weighted by Crippen LogP contribution is 2.25. The number of rotatable bonds is 4. The maximum atomic E-state index is 12.1. The fourth-order valence-electron chi connectivity index (χ4n) is 3.29. The Kier molecular flexibility index (Phi) is 5.60. The van der Waals surface area contributed by atoms with Gasteiger partial charge in [0.05, 0.1) is 12.2 Å². The van der Waals surface area contributed by atoms with E-state index in [1.165, 1.54) is 12.8 Å². The summed E-state index contributed by atoms with van der Waals surface area (Å²) in [6, 6.07) is 2.30. The number of piperidine rings is 1. The van der Waals surface area contributed by atoms with Gasteiger partial charge in [-0.1, -0.05) is 19.8 Å². The van der Waals surface area contributed by atoms with E-state index in [4.69, 9.17) is 4.74 Å². The second-order valence-electron chi connectivity index (χ2n) is 6.75. The highest BCUT2D eigenvalue weighted by atomic mass is 16.5. The van der Waals surface area contributed by atoms with E-state index >= 15 is 0 Å². The van der Waals surface area contributed by atoms with Crippen molar-refractivity contribution in [2.75, 3.05) is 26.7 Å². The molecular formula is C16H27N3O2. The Morgan fingerprint density at radius 2 is 2.14 bits per heavy atom. The highest BCUT2D eigenvalue weighted by Gasteiger charge is 2.35. The summed E-state index contributed by atoms with van der Waals surface area (Å²) in [5, 5.41) is 12.3. The van der Waals surface area contributed by atoms with Crippen molar-refractivity contribution in [1.29, 1.82) is 5.26 Å². The lowest BCUT2D eigenvalue weighted by Gasteiger charge is -2.36. The lowest BCUT2D eigenvalue weighted by atomic mass is 9.88. The summed E-state index contributed by atoms with van der Waals surface area (Å²) < 4.78 is 5.74. The van der Waals surface area contributed by atoms with Gasteiger partial charge in [0.15, 0.2) is 0 Å². The van der Waals surface area contributed by atoms with Crippen molar-refractivity contribution in [2.45, 2.75) is 57.1 Å². The van der Waals surface area contributed by atoms with Crippen LogP contribution in [0.15, 0.2) is 0 Å². The van der Waals surface area contributed by atoms with Gasteiger partial charge >= 0.3 is 0 Å². The van der Waals surface area contributed by atoms with Gasteiger partial charge in [-0.05, 0) is 38.6 Å². The molecule has 2 atom stereocenters. The summed E-state index contributed by atoms with van der Waals surface area (Å²) >= 11 is 0. The molecule has 0 aromatic rings. The maximum Gasteiger partial charge on any atom is 0.247 e. The van der Waals surface area contributed by atoms with E-state index in [1.54, 1.807) is 0 Å². The van der Waals surface area contributed by atoms with E-state index in [0.717, 1.165) is 25.9 Å². The molecule has 0 bridgehead atoms. The van der Waals surface area contributed by atoms with Crippen LogP contribution in [0.4, 0.5) is 0 Å². The minimum Gasteiger partial charge on any atom is -0.368 e. The Morgan fingerprint density at radius 1 is 1.43 bits per heavy atom.